The molecule has 2 heterocycles. The van der Waals surface area contributed by atoms with Gasteiger partial charge in [-0.15, -0.1) is 0 Å². The summed E-state index contributed by atoms with van der Waals surface area (Å²) in [5, 5.41) is 4.88. The molecule has 1 saturated carbocycles. The molecule has 0 amide bonds. The minimum Gasteiger partial charge on any atom is -0.407 e. The van der Waals surface area contributed by atoms with Crippen molar-refractivity contribution in [3.8, 4) is 0 Å². The third-order valence-electron chi connectivity index (χ3n) is 11.5. The highest BCUT2D eigenvalue weighted by molar-refractivity contribution is 7.00. The van der Waals surface area contributed by atoms with Crippen LogP contribution in [-0.2, 0) is 8.85 Å². The van der Waals surface area contributed by atoms with E-state index in [0.717, 1.165) is 18.5 Å². The van der Waals surface area contributed by atoms with Crippen molar-refractivity contribution in [1.29, 1.82) is 0 Å². The van der Waals surface area contributed by atoms with Gasteiger partial charge in [-0.3, -0.25) is 0 Å². The minimum atomic E-state index is -2.82. The first-order chi connectivity index (χ1) is 25.5. The highest BCUT2D eigenvalue weighted by Crippen LogP contribution is 2.46. The molecule has 9 heteroatoms. The average molecular weight is 740 g/mol. The van der Waals surface area contributed by atoms with Crippen LogP contribution in [0.5, 0.6) is 0 Å². The first-order valence-electron chi connectivity index (χ1n) is 18.9. The van der Waals surface area contributed by atoms with Crippen LogP contribution < -0.4 is 26.5 Å². The molecule has 4 aromatic carbocycles. The maximum Gasteiger partial charge on any atom is 0.261 e. The van der Waals surface area contributed by atoms with E-state index in [1.54, 1.807) is 6.33 Å². The molecule has 1 aliphatic rings. The molecule has 0 aliphatic heterocycles. The second-order valence-corrected chi connectivity index (χ2v) is 25.2. The molecule has 2 aromatic heterocycles. The first kappa shape index (κ1) is 36.9. The Hall–Kier alpha value is -4.42. The number of imidazole rings is 1. The summed E-state index contributed by atoms with van der Waals surface area (Å²) in [4.78, 5) is 13.7. The Morgan fingerprint density at radius 1 is 0.604 bits per heavy atom. The van der Waals surface area contributed by atoms with E-state index in [9.17, 15) is 0 Å². The summed E-state index contributed by atoms with van der Waals surface area (Å²) < 4.78 is 17.6. The fourth-order valence-electron chi connectivity index (χ4n) is 9.02. The van der Waals surface area contributed by atoms with E-state index in [-0.39, 0.29) is 28.0 Å². The quantitative estimate of drug-likeness (QED) is 0.142. The van der Waals surface area contributed by atoms with E-state index in [0.29, 0.717) is 24.5 Å². The summed E-state index contributed by atoms with van der Waals surface area (Å²) in [7, 11) is -5.59. The van der Waals surface area contributed by atoms with Crippen LogP contribution in [-0.4, -0.2) is 49.4 Å². The van der Waals surface area contributed by atoms with Gasteiger partial charge in [0, 0.05) is 25.2 Å². The Labute approximate surface area is 316 Å². The molecule has 0 radical (unpaired) electrons. The van der Waals surface area contributed by atoms with Gasteiger partial charge in [0.25, 0.3) is 16.6 Å². The Morgan fingerprint density at radius 2 is 1.04 bits per heavy atom. The summed E-state index contributed by atoms with van der Waals surface area (Å²) in [5.74, 6) is 0.762. The number of nitrogens with two attached hydrogens (primary N) is 1. The van der Waals surface area contributed by atoms with E-state index in [1.165, 1.54) is 20.7 Å². The zero-order valence-electron chi connectivity index (χ0n) is 31.9. The predicted molar refractivity (Wildman–Crippen MR) is 222 cm³/mol. The van der Waals surface area contributed by atoms with Crippen LogP contribution in [0, 0.1) is 11.8 Å². The van der Waals surface area contributed by atoms with Gasteiger partial charge in [-0.1, -0.05) is 163 Å². The molecule has 0 unspecified atom stereocenters. The van der Waals surface area contributed by atoms with Crippen LogP contribution in [0.3, 0.4) is 0 Å². The average Bonchev–Trinajstić information content (AvgIpc) is 3.77. The number of hydrogen-bond donors (Lipinski definition) is 1. The number of anilines is 1. The molecule has 53 heavy (non-hydrogen) atoms. The molecule has 6 aromatic rings. The summed E-state index contributed by atoms with van der Waals surface area (Å²) in [6.07, 6.45) is 5.40. The Morgan fingerprint density at radius 3 is 1.47 bits per heavy atom. The fourth-order valence-corrected chi connectivity index (χ4v) is 18.2. The number of rotatable bonds is 11. The summed E-state index contributed by atoms with van der Waals surface area (Å²) in [6, 6.07) is 43.8. The number of nitrogens with zero attached hydrogens (tertiary/aromatic N) is 4. The summed E-state index contributed by atoms with van der Waals surface area (Å²) in [6.45, 7) is 15.3. The third kappa shape index (κ3) is 6.69. The van der Waals surface area contributed by atoms with Crippen molar-refractivity contribution < 1.29 is 8.85 Å². The van der Waals surface area contributed by atoms with E-state index < -0.39 is 16.6 Å². The molecule has 0 bridgehead atoms. The molecule has 0 saturated heterocycles. The Kier molecular flexibility index (Phi) is 10.3. The van der Waals surface area contributed by atoms with E-state index >= 15 is 0 Å². The Balaban J connectivity index is 1.32. The normalized spacial score (nSPS) is 18.4. The highest BCUT2D eigenvalue weighted by Gasteiger charge is 2.53. The Bertz CT molecular complexity index is 2020. The summed E-state index contributed by atoms with van der Waals surface area (Å²) in [5.41, 5.74) is 7.72. The molecule has 3 atom stereocenters. The molecule has 0 spiro atoms. The molecule has 274 valence electrons. The molecule has 7 rings (SSSR count). The fraction of sp³-hybridized carbons (Fsp3) is 0.341. The van der Waals surface area contributed by atoms with Crippen molar-refractivity contribution in [2.75, 3.05) is 18.9 Å². The molecule has 1 fully saturated rings. The van der Waals surface area contributed by atoms with Gasteiger partial charge in [0.05, 0.1) is 6.33 Å². The van der Waals surface area contributed by atoms with Crippen molar-refractivity contribution in [1.82, 2.24) is 19.5 Å². The van der Waals surface area contributed by atoms with Gasteiger partial charge in [-0.2, -0.15) is 0 Å². The topological polar surface area (TPSA) is 88.1 Å². The van der Waals surface area contributed by atoms with E-state index in [4.69, 9.17) is 24.6 Å². The van der Waals surface area contributed by atoms with Crippen LogP contribution in [0.15, 0.2) is 134 Å². The number of benzene rings is 4. The molecular weight excluding hydrogens is 687 g/mol. The minimum absolute atomic E-state index is 0.0975. The number of fused-ring (bicyclic) bond motifs is 1. The standard InChI is InChI=1S/C44H53N5O2Si2/c1-43(2,3)52(34-19-11-7-12-20-34,35-21-13-8-14-22-35)50-29-33-27-28-39(49-32-48-40-41(45)46-31-47-42(40)49)38(33)30-51-53(44(4,5)6,36-23-15-9-16-24-36)37-25-17-10-18-26-37/h7-26,31-33,38-39H,27-30H2,1-6H3,(H2,45,46,47)/t33-,38-,39-/m1/s1. The van der Waals surface area contributed by atoms with Gasteiger partial charge in [0.1, 0.15) is 11.8 Å². The predicted octanol–water partition coefficient (Wildman–Crippen LogP) is 7.13. The third-order valence-corrected chi connectivity index (χ3v) is 21.5. The monoisotopic (exact) mass is 739 g/mol. The lowest BCUT2D eigenvalue weighted by molar-refractivity contribution is 0.132. The smallest absolute Gasteiger partial charge is 0.261 e. The molecule has 1 aliphatic carbocycles. The largest absolute Gasteiger partial charge is 0.407 e. The lowest BCUT2D eigenvalue weighted by Gasteiger charge is -2.45. The van der Waals surface area contributed by atoms with Gasteiger partial charge >= 0.3 is 0 Å². The zero-order chi connectivity index (χ0) is 37.3. The van der Waals surface area contributed by atoms with Gasteiger partial charge in [0.15, 0.2) is 11.5 Å². The van der Waals surface area contributed by atoms with Crippen LogP contribution in [0.4, 0.5) is 5.82 Å². The van der Waals surface area contributed by atoms with Crippen molar-refractivity contribution in [2.24, 2.45) is 11.8 Å². The van der Waals surface area contributed by atoms with Crippen LogP contribution in [0.1, 0.15) is 60.4 Å². The molecular formula is C44H53N5O2Si2. The highest BCUT2D eigenvalue weighted by atomic mass is 28.4. The van der Waals surface area contributed by atoms with Crippen molar-refractivity contribution in [3.63, 3.8) is 0 Å². The van der Waals surface area contributed by atoms with E-state index in [2.05, 4.69) is 172 Å². The second-order valence-electron chi connectivity index (χ2n) is 16.6. The lowest BCUT2D eigenvalue weighted by atomic mass is 9.95. The van der Waals surface area contributed by atoms with Crippen LogP contribution in [0.2, 0.25) is 10.1 Å². The lowest BCUT2D eigenvalue weighted by Crippen LogP contribution is -2.67. The summed E-state index contributed by atoms with van der Waals surface area (Å²) >= 11 is 0. The maximum absolute atomic E-state index is 7.72. The van der Waals surface area contributed by atoms with Crippen LogP contribution in [0.25, 0.3) is 11.2 Å². The number of aromatic nitrogens is 4. The van der Waals surface area contributed by atoms with Crippen molar-refractivity contribution in [3.05, 3.63) is 134 Å². The SMILES string of the molecule is CC(C)(C)[Si](OC[C@H]1CC[C@@H](n2cnc3c(N)ncnc32)[C@@H]1CO[Si](c1ccccc1)(c1ccccc1)C(C)(C)C)(c1ccccc1)c1ccccc1. The van der Waals surface area contributed by atoms with Gasteiger partial charge in [0.2, 0.25) is 0 Å². The zero-order valence-corrected chi connectivity index (χ0v) is 33.9. The number of hydrogen-bond acceptors (Lipinski definition) is 6. The van der Waals surface area contributed by atoms with Gasteiger partial charge < -0.3 is 19.2 Å². The number of nitrogen functional groups attached to an aromatic ring is 1. The van der Waals surface area contributed by atoms with Crippen LogP contribution >= 0.6 is 0 Å². The van der Waals surface area contributed by atoms with Crippen molar-refractivity contribution >= 4 is 54.4 Å². The van der Waals surface area contributed by atoms with Gasteiger partial charge in [-0.05, 0) is 49.6 Å². The first-order valence-corrected chi connectivity index (χ1v) is 22.7. The van der Waals surface area contributed by atoms with Crippen molar-refractivity contribution in [2.45, 2.75) is 70.5 Å². The second kappa shape index (κ2) is 14.8. The maximum atomic E-state index is 7.72. The molecule has 2 N–H and O–H groups in total. The van der Waals surface area contributed by atoms with Gasteiger partial charge in [-0.25, -0.2) is 15.0 Å². The molecule has 7 nitrogen and oxygen atoms in total. The van der Waals surface area contributed by atoms with E-state index in [1.807, 2.05) is 6.33 Å².